The van der Waals surface area contributed by atoms with Crippen LogP contribution in [-0.2, 0) is 4.74 Å². The maximum atomic E-state index is 11.3. The normalized spacial score (nSPS) is 10.2. The van der Waals surface area contributed by atoms with Crippen molar-refractivity contribution in [2.45, 2.75) is 0 Å². The van der Waals surface area contributed by atoms with Crippen LogP contribution in [0.5, 0.6) is 0 Å². The number of methoxy groups -OCH3 is 1. The van der Waals surface area contributed by atoms with Gasteiger partial charge in [-0.2, -0.15) is 0 Å². The minimum Gasteiger partial charge on any atom is -0.464 e. The Balaban J connectivity index is 2.74. The van der Waals surface area contributed by atoms with E-state index < -0.39 is 5.97 Å². The van der Waals surface area contributed by atoms with Gasteiger partial charge in [0.2, 0.25) is 0 Å². The van der Waals surface area contributed by atoms with Gasteiger partial charge in [0.25, 0.3) is 0 Å². The summed E-state index contributed by atoms with van der Waals surface area (Å²) < 4.78 is 6.08. The molecule has 0 saturated carbocycles. The van der Waals surface area contributed by atoms with E-state index in [-0.39, 0.29) is 11.4 Å². The van der Waals surface area contributed by atoms with Gasteiger partial charge in [0, 0.05) is 6.20 Å². The lowest BCUT2D eigenvalue weighted by Crippen LogP contribution is -2.05. The third-order valence-corrected chi connectivity index (χ3v) is 2.06. The summed E-state index contributed by atoms with van der Waals surface area (Å²) in [6, 6.07) is 5.24. The van der Waals surface area contributed by atoms with Crippen molar-refractivity contribution in [2.75, 3.05) is 7.11 Å². The molecule has 5 nitrogen and oxygen atoms in total. The van der Waals surface area contributed by atoms with Crippen molar-refractivity contribution in [2.24, 2.45) is 0 Å². The zero-order valence-electron chi connectivity index (χ0n) is 8.01. The Kier molecular flexibility index (Phi) is 2.21. The Hall–Kier alpha value is -2.17. The zero-order valence-corrected chi connectivity index (χ0v) is 8.01. The van der Waals surface area contributed by atoms with E-state index in [9.17, 15) is 9.59 Å². The molecular weight excluding hydrogens is 196 g/mol. The Morgan fingerprint density at radius 2 is 2.33 bits per heavy atom. The van der Waals surface area contributed by atoms with E-state index in [1.807, 2.05) is 0 Å². The first-order valence-electron chi connectivity index (χ1n) is 4.28. The van der Waals surface area contributed by atoms with Gasteiger partial charge in [-0.3, -0.25) is 9.20 Å². The first-order valence-corrected chi connectivity index (χ1v) is 4.28. The van der Waals surface area contributed by atoms with Gasteiger partial charge in [-0.05, 0) is 12.1 Å². The molecule has 0 unspecified atom stereocenters. The number of fused-ring (bicyclic) bond motifs is 1. The number of rotatable bonds is 2. The fourth-order valence-corrected chi connectivity index (χ4v) is 1.37. The lowest BCUT2D eigenvalue weighted by atomic mass is 10.3. The SMILES string of the molecule is COC(=O)c1nc2ccccn2c1C=O. The molecule has 2 aromatic heterocycles. The third kappa shape index (κ3) is 1.38. The van der Waals surface area contributed by atoms with E-state index in [1.165, 1.54) is 7.11 Å². The molecule has 5 heteroatoms. The molecule has 0 bridgehead atoms. The van der Waals surface area contributed by atoms with Crippen LogP contribution in [0.4, 0.5) is 0 Å². The number of imidazole rings is 1. The second-order valence-corrected chi connectivity index (χ2v) is 2.88. The van der Waals surface area contributed by atoms with Gasteiger partial charge in [0.15, 0.2) is 12.0 Å². The Morgan fingerprint density at radius 3 is 3.00 bits per heavy atom. The van der Waals surface area contributed by atoms with Crippen LogP contribution in [0.3, 0.4) is 0 Å². The molecule has 0 aliphatic heterocycles. The quantitative estimate of drug-likeness (QED) is 0.539. The van der Waals surface area contributed by atoms with E-state index in [1.54, 1.807) is 28.8 Å². The van der Waals surface area contributed by atoms with Crippen molar-refractivity contribution in [1.82, 2.24) is 9.38 Å². The summed E-state index contributed by atoms with van der Waals surface area (Å²) in [5.74, 6) is -0.610. The highest BCUT2D eigenvalue weighted by Gasteiger charge is 2.18. The molecule has 0 fully saturated rings. The van der Waals surface area contributed by atoms with Crippen molar-refractivity contribution >= 4 is 17.9 Å². The number of nitrogens with zero attached hydrogens (tertiary/aromatic N) is 2. The molecule has 0 aromatic carbocycles. The number of aldehydes is 1. The largest absolute Gasteiger partial charge is 0.464 e. The zero-order chi connectivity index (χ0) is 10.8. The smallest absolute Gasteiger partial charge is 0.359 e. The van der Waals surface area contributed by atoms with Crippen molar-refractivity contribution < 1.29 is 14.3 Å². The van der Waals surface area contributed by atoms with Crippen LogP contribution in [0.2, 0.25) is 0 Å². The van der Waals surface area contributed by atoms with Crippen molar-refractivity contribution in [3.05, 3.63) is 35.8 Å². The number of carbonyl (C=O) groups excluding carboxylic acids is 2. The van der Waals surface area contributed by atoms with E-state index in [0.717, 1.165) is 0 Å². The maximum absolute atomic E-state index is 11.3. The van der Waals surface area contributed by atoms with Crippen molar-refractivity contribution in [3.8, 4) is 0 Å². The second-order valence-electron chi connectivity index (χ2n) is 2.88. The summed E-state index contributed by atoms with van der Waals surface area (Å²) in [6.45, 7) is 0. The van der Waals surface area contributed by atoms with Crippen LogP contribution in [0, 0.1) is 0 Å². The van der Waals surface area contributed by atoms with Gasteiger partial charge >= 0.3 is 5.97 Å². The summed E-state index contributed by atoms with van der Waals surface area (Å²) in [5.41, 5.74) is 0.788. The number of ether oxygens (including phenoxy) is 1. The predicted octanol–water partition coefficient (Wildman–Crippen LogP) is 0.933. The molecule has 0 aliphatic rings. The molecule has 0 radical (unpaired) electrons. The highest BCUT2D eigenvalue weighted by atomic mass is 16.5. The van der Waals surface area contributed by atoms with E-state index >= 15 is 0 Å². The van der Waals surface area contributed by atoms with Crippen LogP contribution in [0.25, 0.3) is 5.65 Å². The second kappa shape index (κ2) is 3.53. The molecule has 15 heavy (non-hydrogen) atoms. The highest BCUT2D eigenvalue weighted by Crippen LogP contribution is 2.11. The molecule has 0 N–H and O–H groups in total. The lowest BCUT2D eigenvalue weighted by molar-refractivity contribution is 0.0592. The number of aromatic nitrogens is 2. The van der Waals surface area contributed by atoms with Gasteiger partial charge in [-0.1, -0.05) is 6.07 Å². The topological polar surface area (TPSA) is 60.7 Å². The van der Waals surface area contributed by atoms with Gasteiger partial charge < -0.3 is 4.74 Å². The fraction of sp³-hybridized carbons (Fsp3) is 0.100. The van der Waals surface area contributed by atoms with Crippen LogP contribution in [-0.4, -0.2) is 28.7 Å². The molecule has 0 amide bonds. The first-order chi connectivity index (χ1) is 7.27. The standard InChI is InChI=1S/C10H8N2O3/c1-15-10(14)9-7(6-13)12-5-3-2-4-8(12)11-9/h2-6H,1H3. The van der Waals surface area contributed by atoms with Gasteiger partial charge in [0.1, 0.15) is 11.3 Å². The summed E-state index contributed by atoms with van der Waals surface area (Å²) in [6.07, 6.45) is 2.25. The molecule has 0 spiro atoms. The van der Waals surface area contributed by atoms with Crippen molar-refractivity contribution in [3.63, 3.8) is 0 Å². The van der Waals surface area contributed by atoms with Gasteiger partial charge in [0.05, 0.1) is 7.11 Å². The molecule has 0 saturated heterocycles. The minimum absolute atomic E-state index is 0.0405. The molecule has 0 aliphatic carbocycles. The average molecular weight is 204 g/mol. The molecule has 2 heterocycles. The van der Waals surface area contributed by atoms with Crippen LogP contribution in [0.1, 0.15) is 21.0 Å². The number of hydrogen-bond donors (Lipinski definition) is 0. The summed E-state index contributed by atoms with van der Waals surface area (Å²) >= 11 is 0. The van der Waals surface area contributed by atoms with Crippen molar-refractivity contribution in [1.29, 1.82) is 0 Å². The predicted molar refractivity (Wildman–Crippen MR) is 51.9 cm³/mol. The van der Waals surface area contributed by atoms with Gasteiger partial charge in [-0.15, -0.1) is 0 Å². The number of carbonyl (C=O) groups is 2. The monoisotopic (exact) mass is 204 g/mol. The summed E-state index contributed by atoms with van der Waals surface area (Å²) in [5, 5.41) is 0. The number of esters is 1. The molecule has 0 atom stereocenters. The van der Waals surface area contributed by atoms with Crippen LogP contribution < -0.4 is 0 Å². The number of pyridine rings is 1. The third-order valence-electron chi connectivity index (χ3n) is 2.06. The van der Waals surface area contributed by atoms with E-state index in [2.05, 4.69) is 9.72 Å². The molecule has 2 rings (SSSR count). The highest BCUT2D eigenvalue weighted by molar-refractivity contribution is 5.96. The maximum Gasteiger partial charge on any atom is 0.359 e. The van der Waals surface area contributed by atoms with Crippen LogP contribution in [0.15, 0.2) is 24.4 Å². The summed E-state index contributed by atoms with van der Waals surface area (Å²) in [7, 11) is 1.25. The minimum atomic E-state index is -0.610. The molecule has 76 valence electrons. The van der Waals surface area contributed by atoms with Gasteiger partial charge in [-0.25, -0.2) is 9.78 Å². The van der Waals surface area contributed by atoms with E-state index in [0.29, 0.717) is 11.9 Å². The first kappa shape index (κ1) is 9.39. The summed E-state index contributed by atoms with van der Waals surface area (Å²) in [4.78, 5) is 26.2. The van der Waals surface area contributed by atoms with Crippen LogP contribution >= 0.6 is 0 Å². The Bertz CT molecular complexity index is 530. The molecule has 2 aromatic rings. The Labute approximate surface area is 85.3 Å². The lowest BCUT2D eigenvalue weighted by Gasteiger charge is -1.95. The number of hydrogen-bond acceptors (Lipinski definition) is 4. The fourth-order valence-electron chi connectivity index (χ4n) is 1.37. The Morgan fingerprint density at radius 1 is 1.53 bits per heavy atom. The molecular formula is C10H8N2O3. The average Bonchev–Trinajstić information content (AvgIpc) is 2.66. The van der Waals surface area contributed by atoms with E-state index in [4.69, 9.17) is 0 Å².